The van der Waals surface area contributed by atoms with E-state index in [0.29, 0.717) is 17.2 Å². The van der Waals surface area contributed by atoms with Gasteiger partial charge in [-0.3, -0.25) is 14.5 Å². The zero-order chi connectivity index (χ0) is 16.0. The molecule has 7 heteroatoms. The molecule has 0 spiro atoms. The average molecular weight is 309 g/mol. The number of rotatable bonds is 6. The Kier molecular flexibility index (Phi) is 6.34. The van der Waals surface area contributed by atoms with Gasteiger partial charge in [0.15, 0.2) is 0 Å². The van der Waals surface area contributed by atoms with Crippen molar-refractivity contribution in [2.45, 2.75) is 20.8 Å². The molecule has 1 aromatic heterocycles. The number of amides is 1. The Morgan fingerprint density at radius 1 is 1.38 bits per heavy atom. The third-order valence-electron chi connectivity index (χ3n) is 2.87. The van der Waals surface area contributed by atoms with Gasteiger partial charge in [-0.1, -0.05) is 0 Å². The van der Waals surface area contributed by atoms with Gasteiger partial charge in [0.05, 0.1) is 25.3 Å². The fourth-order valence-corrected chi connectivity index (χ4v) is 2.77. The first-order valence-corrected chi connectivity index (χ1v) is 7.34. The summed E-state index contributed by atoms with van der Waals surface area (Å²) in [4.78, 5) is 25.8. The number of thiophene rings is 1. The molecule has 0 saturated heterocycles. The molecule has 6 nitrogen and oxygen atoms in total. The van der Waals surface area contributed by atoms with Crippen LogP contribution in [0.1, 0.15) is 22.9 Å². The van der Waals surface area contributed by atoms with E-state index in [2.05, 4.69) is 11.4 Å². The molecular weight excluding hydrogens is 290 g/mol. The molecule has 0 atom stereocenters. The van der Waals surface area contributed by atoms with E-state index in [9.17, 15) is 9.59 Å². The van der Waals surface area contributed by atoms with E-state index in [-0.39, 0.29) is 25.0 Å². The zero-order valence-corrected chi connectivity index (χ0v) is 13.5. The number of anilines is 1. The summed E-state index contributed by atoms with van der Waals surface area (Å²) in [5.74, 6) is -0.632. The van der Waals surface area contributed by atoms with Gasteiger partial charge in [-0.05, 0) is 33.4 Å². The molecule has 114 valence electrons. The first kappa shape index (κ1) is 17.1. The highest BCUT2D eigenvalue weighted by molar-refractivity contribution is 7.16. The molecule has 1 rings (SSSR count). The Morgan fingerprint density at radius 2 is 2.05 bits per heavy atom. The lowest BCUT2D eigenvalue weighted by Crippen LogP contribution is -2.34. The number of carbonyl (C=O) groups excluding carboxylic acids is 2. The normalized spacial score (nSPS) is 10.3. The van der Waals surface area contributed by atoms with Crippen LogP contribution in [-0.2, 0) is 14.3 Å². The first-order valence-electron chi connectivity index (χ1n) is 6.53. The zero-order valence-electron chi connectivity index (χ0n) is 12.6. The van der Waals surface area contributed by atoms with Crippen LogP contribution in [0.2, 0.25) is 0 Å². The van der Waals surface area contributed by atoms with Crippen molar-refractivity contribution in [3.05, 3.63) is 16.0 Å². The number of esters is 1. The van der Waals surface area contributed by atoms with Crippen LogP contribution in [0.5, 0.6) is 0 Å². The number of nitrogens with one attached hydrogen (secondary N) is 1. The summed E-state index contributed by atoms with van der Waals surface area (Å²) in [7, 11) is 1.66. The number of nitriles is 1. The van der Waals surface area contributed by atoms with Crippen LogP contribution >= 0.6 is 11.3 Å². The first-order chi connectivity index (χ1) is 9.88. The van der Waals surface area contributed by atoms with Gasteiger partial charge in [-0.2, -0.15) is 5.26 Å². The lowest BCUT2D eigenvalue weighted by molar-refractivity contribution is -0.144. The molecule has 0 aliphatic rings. The summed E-state index contributed by atoms with van der Waals surface area (Å²) in [5, 5.41) is 12.4. The van der Waals surface area contributed by atoms with E-state index in [1.54, 1.807) is 18.9 Å². The molecule has 0 saturated carbocycles. The van der Waals surface area contributed by atoms with Gasteiger partial charge in [0.25, 0.3) is 0 Å². The van der Waals surface area contributed by atoms with Gasteiger partial charge < -0.3 is 10.1 Å². The van der Waals surface area contributed by atoms with Crippen molar-refractivity contribution in [1.29, 1.82) is 5.26 Å². The maximum Gasteiger partial charge on any atom is 0.320 e. The Morgan fingerprint density at radius 3 is 2.62 bits per heavy atom. The van der Waals surface area contributed by atoms with Gasteiger partial charge in [0, 0.05) is 4.88 Å². The standard InChI is InChI=1S/C14H19N3O3S/c1-5-20-13(19)8-17(4)7-12(18)16-14-11(6-15)9(2)10(3)21-14/h5,7-8H2,1-4H3,(H,16,18). The molecule has 0 aliphatic heterocycles. The van der Waals surface area contributed by atoms with Crippen molar-refractivity contribution in [1.82, 2.24) is 4.90 Å². The van der Waals surface area contributed by atoms with Crippen LogP contribution in [0.25, 0.3) is 0 Å². The molecule has 0 unspecified atom stereocenters. The lowest BCUT2D eigenvalue weighted by atomic mass is 10.2. The van der Waals surface area contributed by atoms with Crippen molar-refractivity contribution in [3.63, 3.8) is 0 Å². The monoisotopic (exact) mass is 309 g/mol. The van der Waals surface area contributed by atoms with Crippen LogP contribution < -0.4 is 5.32 Å². The summed E-state index contributed by atoms with van der Waals surface area (Å²) in [6, 6.07) is 2.10. The third-order valence-corrected chi connectivity index (χ3v) is 3.99. The molecule has 1 N–H and O–H groups in total. The van der Waals surface area contributed by atoms with Crippen molar-refractivity contribution in [2.75, 3.05) is 32.1 Å². The molecule has 0 radical (unpaired) electrons. The summed E-state index contributed by atoms with van der Waals surface area (Å²) in [6.45, 7) is 5.92. The largest absolute Gasteiger partial charge is 0.465 e. The number of nitrogens with zero attached hydrogens (tertiary/aromatic N) is 2. The SMILES string of the molecule is CCOC(=O)CN(C)CC(=O)Nc1sc(C)c(C)c1C#N. The fraction of sp³-hybridized carbons (Fsp3) is 0.500. The van der Waals surface area contributed by atoms with Crippen molar-refractivity contribution >= 4 is 28.2 Å². The van der Waals surface area contributed by atoms with Crippen molar-refractivity contribution < 1.29 is 14.3 Å². The molecule has 1 heterocycles. The highest BCUT2D eigenvalue weighted by Crippen LogP contribution is 2.31. The second-order valence-corrected chi connectivity index (χ2v) is 5.85. The Hall–Kier alpha value is -1.91. The predicted molar refractivity (Wildman–Crippen MR) is 81.3 cm³/mol. The van der Waals surface area contributed by atoms with Crippen LogP contribution in [0.15, 0.2) is 0 Å². The van der Waals surface area contributed by atoms with Gasteiger partial charge in [0.1, 0.15) is 11.1 Å². The van der Waals surface area contributed by atoms with Crippen molar-refractivity contribution in [2.24, 2.45) is 0 Å². The number of ether oxygens (including phenoxy) is 1. The molecule has 1 amide bonds. The summed E-state index contributed by atoms with van der Waals surface area (Å²) in [5.41, 5.74) is 1.39. The molecule has 1 aromatic rings. The highest BCUT2D eigenvalue weighted by atomic mass is 32.1. The minimum Gasteiger partial charge on any atom is -0.465 e. The highest BCUT2D eigenvalue weighted by Gasteiger charge is 2.16. The number of hydrogen-bond donors (Lipinski definition) is 1. The summed E-state index contributed by atoms with van der Waals surface area (Å²) >= 11 is 1.38. The molecule has 0 aliphatic carbocycles. The molecular formula is C14H19N3O3S. The molecule has 0 bridgehead atoms. The topological polar surface area (TPSA) is 82.4 Å². The molecule has 0 fully saturated rings. The van der Waals surface area contributed by atoms with Gasteiger partial charge in [-0.25, -0.2) is 0 Å². The summed E-state index contributed by atoms with van der Waals surface area (Å²) in [6.07, 6.45) is 0. The average Bonchev–Trinajstić information content (AvgIpc) is 2.63. The second-order valence-electron chi connectivity index (χ2n) is 4.62. The minimum atomic E-state index is -0.367. The van der Waals surface area contributed by atoms with Crippen LogP contribution in [0, 0.1) is 25.2 Å². The van der Waals surface area contributed by atoms with Gasteiger partial charge in [-0.15, -0.1) is 11.3 Å². The van der Waals surface area contributed by atoms with Gasteiger partial charge in [0.2, 0.25) is 5.91 Å². The van der Waals surface area contributed by atoms with Crippen LogP contribution in [-0.4, -0.2) is 43.5 Å². The minimum absolute atomic E-state index is 0.0505. The molecule has 0 aromatic carbocycles. The molecule has 21 heavy (non-hydrogen) atoms. The van der Waals surface area contributed by atoms with E-state index in [1.807, 2.05) is 13.8 Å². The third kappa shape index (κ3) is 4.85. The van der Waals surface area contributed by atoms with E-state index in [1.165, 1.54) is 11.3 Å². The number of carbonyl (C=O) groups is 2. The van der Waals surface area contributed by atoms with Crippen LogP contribution in [0.3, 0.4) is 0 Å². The van der Waals surface area contributed by atoms with Crippen molar-refractivity contribution in [3.8, 4) is 6.07 Å². The second kappa shape index (κ2) is 7.76. The maximum atomic E-state index is 11.9. The quantitative estimate of drug-likeness (QED) is 0.808. The van der Waals surface area contributed by atoms with E-state index >= 15 is 0 Å². The number of likely N-dealkylation sites (N-methyl/N-ethyl adjacent to an activating group) is 1. The number of hydrogen-bond acceptors (Lipinski definition) is 6. The lowest BCUT2D eigenvalue weighted by Gasteiger charge is -2.14. The Bertz CT molecular complexity index is 575. The van der Waals surface area contributed by atoms with E-state index < -0.39 is 0 Å². The fourth-order valence-electron chi connectivity index (χ4n) is 1.74. The number of aryl methyl sites for hydroxylation is 1. The van der Waals surface area contributed by atoms with E-state index in [0.717, 1.165) is 10.4 Å². The van der Waals surface area contributed by atoms with Gasteiger partial charge >= 0.3 is 5.97 Å². The van der Waals surface area contributed by atoms with Crippen LogP contribution in [0.4, 0.5) is 5.00 Å². The maximum absolute atomic E-state index is 11.9. The summed E-state index contributed by atoms with van der Waals surface area (Å²) < 4.78 is 4.81. The predicted octanol–water partition coefficient (Wildman–Crippen LogP) is 1.67. The van der Waals surface area contributed by atoms with E-state index in [4.69, 9.17) is 10.00 Å². The Labute approximate surface area is 128 Å². The Balaban J connectivity index is 2.60. The smallest absolute Gasteiger partial charge is 0.320 e.